The van der Waals surface area contributed by atoms with Crippen molar-refractivity contribution in [3.8, 4) is 0 Å². The third-order valence-corrected chi connectivity index (χ3v) is 3.06. The molecule has 1 aliphatic heterocycles. The first-order valence-electron chi connectivity index (χ1n) is 6.13. The number of carboxylic acid groups (broad SMARTS) is 1. The molecular formula is C13H17FN2O2. The molecule has 1 aliphatic rings. The SMILES string of the molecule is O=C(O)CNCc1ccc(F)c(N2CCCC2)c1. The summed E-state index contributed by atoms with van der Waals surface area (Å²) in [5, 5.41) is 11.3. The van der Waals surface area contributed by atoms with E-state index in [0.29, 0.717) is 12.2 Å². The van der Waals surface area contributed by atoms with Gasteiger partial charge in [-0.3, -0.25) is 4.79 Å². The van der Waals surface area contributed by atoms with Crippen molar-refractivity contribution in [3.63, 3.8) is 0 Å². The van der Waals surface area contributed by atoms with E-state index >= 15 is 0 Å². The zero-order valence-corrected chi connectivity index (χ0v) is 10.2. The number of carbonyl (C=O) groups is 1. The van der Waals surface area contributed by atoms with E-state index in [9.17, 15) is 9.18 Å². The third-order valence-electron chi connectivity index (χ3n) is 3.06. The molecular weight excluding hydrogens is 235 g/mol. The number of hydrogen-bond acceptors (Lipinski definition) is 3. The molecule has 18 heavy (non-hydrogen) atoms. The molecule has 1 aromatic rings. The Bertz CT molecular complexity index is 431. The first-order chi connectivity index (χ1) is 8.66. The fourth-order valence-corrected chi connectivity index (χ4v) is 2.18. The van der Waals surface area contributed by atoms with Crippen molar-refractivity contribution in [3.05, 3.63) is 29.6 Å². The molecule has 0 saturated carbocycles. The molecule has 0 unspecified atom stereocenters. The summed E-state index contributed by atoms with van der Waals surface area (Å²) in [6.45, 7) is 2.13. The molecule has 0 bridgehead atoms. The predicted octanol–water partition coefficient (Wildman–Crippen LogP) is 1.60. The smallest absolute Gasteiger partial charge is 0.317 e. The topological polar surface area (TPSA) is 52.6 Å². The van der Waals surface area contributed by atoms with E-state index in [2.05, 4.69) is 5.32 Å². The summed E-state index contributed by atoms with van der Waals surface area (Å²) in [4.78, 5) is 12.4. The van der Waals surface area contributed by atoms with Gasteiger partial charge in [-0.15, -0.1) is 0 Å². The van der Waals surface area contributed by atoms with Gasteiger partial charge in [-0.25, -0.2) is 4.39 Å². The Morgan fingerprint density at radius 1 is 1.39 bits per heavy atom. The lowest BCUT2D eigenvalue weighted by atomic mass is 10.1. The highest BCUT2D eigenvalue weighted by molar-refractivity contribution is 5.69. The van der Waals surface area contributed by atoms with Gasteiger partial charge in [0, 0.05) is 19.6 Å². The quantitative estimate of drug-likeness (QED) is 0.835. The van der Waals surface area contributed by atoms with Gasteiger partial charge < -0.3 is 15.3 Å². The minimum Gasteiger partial charge on any atom is -0.480 e. The maximum atomic E-state index is 13.7. The first kappa shape index (κ1) is 12.8. The van der Waals surface area contributed by atoms with E-state index in [-0.39, 0.29) is 12.4 Å². The standard InChI is InChI=1S/C13H17FN2O2/c14-11-4-3-10(8-15-9-13(17)18)7-12(11)16-5-1-2-6-16/h3-4,7,15H,1-2,5-6,8-9H2,(H,17,18). The maximum absolute atomic E-state index is 13.7. The second-order valence-electron chi connectivity index (χ2n) is 4.48. The van der Waals surface area contributed by atoms with Crippen molar-refractivity contribution >= 4 is 11.7 Å². The molecule has 0 spiro atoms. The van der Waals surface area contributed by atoms with Crippen molar-refractivity contribution in [2.45, 2.75) is 19.4 Å². The molecule has 4 nitrogen and oxygen atoms in total. The molecule has 0 amide bonds. The van der Waals surface area contributed by atoms with Crippen LogP contribution in [0.3, 0.4) is 0 Å². The van der Waals surface area contributed by atoms with E-state index in [4.69, 9.17) is 5.11 Å². The molecule has 2 N–H and O–H groups in total. The van der Waals surface area contributed by atoms with Gasteiger partial charge in [-0.05, 0) is 30.5 Å². The molecule has 1 aromatic carbocycles. The van der Waals surface area contributed by atoms with Crippen LogP contribution in [-0.4, -0.2) is 30.7 Å². The number of hydrogen-bond donors (Lipinski definition) is 2. The number of rotatable bonds is 5. The summed E-state index contributed by atoms with van der Waals surface area (Å²) in [6.07, 6.45) is 2.20. The lowest BCUT2D eigenvalue weighted by Gasteiger charge is -2.19. The molecule has 0 aliphatic carbocycles. The number of carboxylic acids is 1. The van der Waals surface area contributed by atoms with Crippen molar-refractivity contribution in [1.29, 1.82) is 0 Å². The Morgan fingerprint density at radius 2 is 2.11 bits per heavy atom. The highest BCUT2D eigenvalue weighted by atomic mass is 19.1. The Kier molecular flexibility index (Phi) is 4.15. The maximum Gasteiger partial charge on any atom is 0.317 e. The lowest BCUT2D eigenvalue weighted by molar-refractivity contribution is -0.135. The van der Waals surface area contributed by atoms with Gasteiger partial charge in [0.05, 0.1) is 12.2 Å². The summed E-state index contributed by atoms with van der Waals surface area (Å²) in [7, 11) is 0. The van der Waals surface area contributed by atoms with Crippen LogP contribution >= 0.6 is 0 Å². The highest BCUT2D eigenvalue weighted by Crippen LogP contribution is 2.24. The van der Waals surface area contributed by atoms with Gasteiger partial charge in [0.15, 0.2) is 0 Å². The summed E-state index contributed by atoms with van der Waals surface area (Å²) in [5.74, 6) is -1.10. The van der Waals surface area contributed by atoms with Gasteiger partial charge in [0.2, 0.25) is 0 Å². The van der Waals surface area contributed by atoms with Gasteiger partial charge in [0.1, 0.15) is 5.82 Å². The number of anilines is 1. The average molecular weight is 252 g/mol. The van der Waals surface area contributed by atoms with Gasteiger partial charge in [-0.1, -0.05) is 6.07 Å². The third kappa shape index (κ3) is 3.20. The molecule has 1 saturated heterocycles. The van der Waals surface area contributed by atoms with E-state index in [1.807, 2.05) is 4.90 Å². The Hall–Kier alpha value is -1.62. The molecule has 5 heteroatoms. The van der Waals surface area contributed by atoms with Crippen LogP contribution in [0.25, 0.3) is 0 Å². The van der Waals surface area contributed by atoms with Crippen LogP contribution < -0.4 is 10.2 Å². The predicted molar refractivity (Wildman–Crippen MR) is 67.2 cm³/mol. The van der Waals surface area contributed by atoms with Crippen molar-refractivity contribution < 1.29 is 14.3 Å². The van der Waals surface area contributed by atoms with E-state index < -0.39 is 5.97 Å². The molecule has 0 atom stereocenters. The summed E-state index contributed by atoms with van der Waals surface area (Å²) in [5.41, 5.74) is 1.53. The van der Waals surface area contributed by atoms with E-state index in [1.165, 1.54) is 6.07 Å². The van der Waals surface area contributed by atoms with Crippen molar-refractivity contribution in [2.24, 2.45) is 0 Å². The molecule has 98 valence electrons. The second kappa shape index (κ2) is 5.82. The summed E-state index contributed by atoms with van der Waals surface area (Å²) in [6, 6.07) is 4.94. The summed E-state index contributed by atoms with van der Waals surface area (Å²) >= 11 is 0. The Morgan fingerprint density at radius 3 is 2.78 bits per heavy atom. The van der Waals surface area contributed by atoms with Gasteiger partial charge in [0.25, 0.3) is 0 Å². The average Bonchev–Trinajstić information content (AvgIpc) is 2.84. The normalized spacial score (nSPS) is 15.1. The van der Waals surface area contributed by atoms with Crippen LogP contribution in [0.4, 0.5) is 10.1 Å². The van der Waals surface area contributed by atoms with Crippen LogP contribution in [0.15, 0.2) is 18.2 Å². The zero-order valence-electron chi connectivity index (χ0n) is 10.2. The second-order valence-corrected chi connectivity index (χ2v) is 4.48. The first-order valence-corrected chi connectivity index (χ1v) is 6.13. The minimum absolute atomic E-state index is 0.0869. The number of benzene rings is 1. The summed E-state index contributed by atoms with van der Waals surface area (Å²) < 4.78 is 13.7. The van der Waals surface area contributed by atoms with Crippen LogP contribution in [0.5, 0.6) is 0 Å². The fourth-order valence-electron chi connectivity index (χ4n) is 2.18. The largest absolute Gasteiger partial charge is 0.480 e. The molecule has 1 fully saturated rings. The van der Waals surface area contributed by atoms with Crippen molar-refractivity contribution in [2.75, 3.05) is 24.5 Å². The monoisotopic (exact) mass is 252 g/mol. The van der Waals surface area contributed by atoms with Crippen LogP contribution in [-0.2, 0) is 11.3 Å². The van der Waals surface area contributed by atoms with Gasteiger partial charge in [-0.2, -0.15) is 0 Å². The highest BCUT2D eigenvalue weighted by Gasteiger charge is 2.16. The Labute approximate surface area is 105 Å². The Balaban J connectivity index is 2.03. The number of halogens is 1. The number of nitrogens with zero attached hydrogens (tertiary/aromatic N) is 1. The minimum atomic E-state index is -0.892. The van der Waals surface area contributed by atoms with Crippen molar-refractivity contribution in [1.82, 2.24) is 5.32 Å². The van der Waals surface area contributed by atoms with Gasteiger partial charge >= 0.3 is 5.97 Å². The van der Waals surface area contributed by atoms with Crippen LogP contribution in [0, 0.1) is 5.82 Å². The van der Waals surface area contributed by atoms with Crippen LogP contribution in [0.1, 0.15) is 18.4 Å². The van der Waals surface area contributed by atoms with E-state index in [1.54, 1.807) is 12.1 Å². The fraction of sp³-hybridized carbons (Fsp3) is 0.462. The molecule has 1 heterocycles. The molecule has 2 rings (SSSR count). The lowest BCUT2D eigenvalue weighted by Crippen LogP contribution is -2.23. The van der Waals surface area contributed by atoms with E-state index in [0.717, 1.165) is 31.5 Å². The number of nitrogens with one attached hydrogen (secondary N) is 1. The molecule has 0 aromatic heterocycles. The molecule has 0 radical (unpaired) electrons. The zero-order chi connectivity index (χ0) is 13.0. The van der Waals surface area contributed by atoms with Crippen LogP contribution in [0.2, 0.25) is 0 Å². The number of aliphatic carboxylic acids is 1.